The van der Waals surface area contributed by atoms with E-state index in [4.69, 9.17) is 14.0 Å². The Balaban J connectivity index is 1.28. The number of carbonyl (C=O) groups is 1. The van der Waals surface area contributed by atoms with Crippen LogP contribution < -0.4 is 10.6 Å². The van der Waals surface area contributed by atoms with Gasteiger partial charge in [-0.2, -0.15) is 0 Å². The van der Waals surface area contributed by atoms with E-state index < -0.39 is 7.12 Å². The SMILES string of the molecule is CC1(C)[C@@H]2C[C@H]3OB(C(Cc4ccccc4)NC(=O)OC[C@H]4CCNC4)O[C@@]3(C)[C@H]1C2. The van der Waals surface area contributed by atoms with Gasteiger partial charge in [-0.1, -0.05) is 44.2 Å². The van der Waals surface area contributed by atoms with Crippen molar-refractivity contribution in [1.29, 1.82) is 0 Å². The molecule has 2 N–H and O–H groups in total. The molecule has 6 atom stereocenters. The summed E-state index contributed by atoms with van der Waals surface area (Å²) < 4.78 is 18.7. The van der Waals surface area contributed by atoms with Gasteiger partial charge in [0.25, 0.3) is 0 Å². The summed E-state index contributed by atoms with van der Waals surface area (Å²) in [5, 5.41) is 6.39. The summed E-state index contributed by atoms with van der Waals surface area (Å²) in [5.74, 6) is 1.30. The van der Waals surface area contributed by atoms with Crippen molar-refractivity contribution in [2.24, 2.45) is 23.2 Å². The van der Waals surface area contributed by atoms with Crippen LogP contribution >= 0.6 is 0 Å². The van der Waals surface area contributed by atoms with E-state index in [2.05, 4.69) is 43.5 Å². The Morgan fingerprint density at radius 1 is 1.29 bits per heavy atom. The van der Waals surface area contributed by atoms with Crippen LogP contribution in [0.3, 0.4) is 0 Å². The Bertz CT molecular complexity index is 800. The van der Waals surface area contributed by atoms with Gasteiger partial charge in [0.05, 0.1) is 24.3 Å². The first-order valence-corrected chi connectivity index (χ1v) is 11.9. The molecule has 0 spiro atoms. The lowest BCUT2D eigenvalue weighted by Gasteiger charge is -2.64. The molecule has 168 valence electrons. The molecule has 3 aliphatic carbocycles. The zero-order chi connectivity index (χ0) is 21.6. The Morgan fingerprint density at radius 2 is 2.10 bits per heavy atom. The van der Waals surface area contributed by atoms with Crippen molar-refractivity contribution in [3.63, 3.8) is 0 Å². The van der Waals surface area contributed by atoms with Crippen molar-refractivity contribution in [2.45, 2.75) is 64.1 Å². The van der Waals surface area contributed by atoms with Crippen molar-refractivity contribution in [3.8, 4) is 0 Å². The highest BCUT2D eigenvalue weighted by Crippen LogP contribution is 2.65. The van der Waals surface area contributed by atoms with Crippen LogP contribution in [0, 0.1) is 23.2 Å². The van der Waals surface area contributed by atoms with E-state index in [1.807, 2.05) is 18.2 Å². The fourth-order valence-electron chi connectivity index (χ4n) is 6.40. The fraction of sp³-hybridized carbons (Fsp3) is 0.708. The average Bonchev–Trinajstić information content (AvgIpc) is 3.39. The molecule has 5 aliphatic rings. The number of ether oxygens (including phenoxy) is 1. The normalized spacial score (nSPS) is 36.4. The van der Waals surface area contributed by atoms with Crippen LogP contribution in [0.25, 0.3) is 0 Å². The molecule has 6 rings (SSSR count). The number of rotatable bonds is 6. The smallest absolute Gasteiger partial charge is 0.449 e. The summed E-state index contributed by atoms with van der Waals surface area (Å²) in [6.07, 6.45) is 3.65. The highest BCUT2D eigenvalue weighted by molar-refractivity contribution is 6.47. The van der Waals surface area contributed by atoms with Crippen molar-refractivity contribution in [2.75, 3.05) is 19.7 Å². The van der Waals surface area contributed by atoms with Crippen molar-refractivity contribution in [3.05, 3.63) is 35.9 Å². The number of amides is 1. The predicted molar refractivity (Wildman–Crippen MR) is 120 cm³/mol. The van der Waals surface area contributed by atoms with Gasteiger partial charge in [-0.3, -0.25) is 0 Å². The molecule has 3 saturated carbocycles. The molecular formula is C24H35BN2O4. The van der Waals surface area contributed by atoms with Crippen molar-refractivity contribution >= 4 is 13.2 Å². The summed E-state index contributed by atoms with van der Waals surface area (Å²) in [7, 11) is -0.467. The quantitative estimate of drug-likeness (QED) is 0.684. The summed E-state index contributed by atoms with van der Waals surface area (Å²) in [4.78, 5) is 12.7. The second-order valence-corrected chi connectivity index (χ2v) is 10.7. The van der Waals surface area contributed by atoms with E-state index in [1.165, 1.54) is 6.42 Å². The first-order chi connectivity index (χ1) is 14.9. The van der Waals surface area contributed by atoms with Gasteiger partial charge in [-0.25, -0.2) is 4.79 Å². The van der Waals surface area contributed by atoms with E-state index in [0.717, 1.165) is 31.5 Å². The van der Waals surface area contributed by atoms with Crippen LogP contribution in [-0.2, 0) is 20.5 Å². The van der Waals surface area contributed by atoms with Gasteiger partial charge in [0.15, 0.2) is 0 Å². The highest BCUT2D eigenvalue weighted by atomic mass is 16.7. The minimum Gasteiger partial charge on any atom is -0.449 e. The molecular weight excluding hydrogens is 391 g/mol. The van der Waals surface area contributed by atoms with Crippen molar-refractivity contribution in [1.82, 2.24) is 10.6 Å². The third-order valence-corrected chi connectivity index (χ3v) is 8.51. The van der Waals surface area contributed by atoms with Crippen LogP contribution in [0.15, 0.2) is 30.3 Å². The molecule has 2 bridgehead atoms. The lowest BCUT2D eigenvalue weighted by atomic mass is 9.43. The monoisotopic (exact) mass is 426 g/mol. The second-order valence-electron chi connectivity index (χ2n) is 10.7. The first kappa shape index (κ1) is 21.3. The number of nitrogens with one attached hydrogen (secondary N) is 2. The molecule has 1 unspecified atom stereocenters. The lowest BCUT2D eigenvalue weighted by molar-refractivity contribution is -0.199. The number of hydrogen-bond donors (Lipinski definition) is 2. The van der Waals surface area contributed by atoms with E-state index in [9.17, 15) is 4.79 Å². The summed E-state index contributed by atoms with van der Waals surface area (Å²) in [6.45, 7) is 9.28. The maximum Gasteiger partial charge on any atom is 0.482 e. The van der Waals surface area contributed by atoms with Crippen LogP contribution in [-0.4, -0.2) is 50.6 Å². The molecule has 6 nitrogen and oxygen atoms in total. The topological polar surface area (TPSA) is 68.8 Å². The minimum absolute atomic E-state index is 0.0925. The second kappa shape index (κ2) is 8.09. The maximum absolute atomic E-state index is 12.7. The molecule has 5 fully saturated rings. The van der Waals surface area contributed by atoms with E-state index in [1.54, 1.807) is 0 Å². The van der Waals surface area contributed by atoms with E-state index >= 15 is 0 Å². The first-order valence-electron chi connectivity index (χ1n) is 11.9. The highest BCUT2D eigenvalue weighted by Gasteiger charge is 2.68. The standard InChI is InChI=1S/C24H35BN2O4/c1-23(2)18-12-19(23)24(3)20(13-18)30-25(31-24)21(11-16-7-5-4-6-8-16)27-22(28)29-15-17-9-10-26-14-17/h4-8,17-21,26H,9-15H2,1-3H3,(H,27,28)/t17-,18-,19-,20+,21?,24-/m0/s1. The molecule has 7 heteroatoms. The van der Waals surface area contributed by atoms with Gasteiger partial charge < -0.3 is 24.7 Å². The maximum atomic E-state index is 12.7. The van der Waals surface area contributed by atoms with Gasteiger partial charge in [0.1, 0.15) is 0 Å². The van der Waals surface area contributed by atoms with Gasteiger partial charge in [-0.15, -0.1) is 0 Å². The summed E-state index contributed by atoms with van der Waals surface area (Å²) in [5.41, 5.74) is 1.14. The Kier molecular flexibility index (Phi) is 5.56. The van der Waals surface area contributed by atoms with Crippen molar-refractivity contribution < 1.29 is 18.8 Å². The fourth-order valence-corrected chi connectivity index (χ4v) is 6.40. The Morgan fingerprint density at radius 3 is 2.81 bits per heavy atom. The van der Waals surface area contributed by atoms with Gasteiger partial charge >= 0.3 is 13.2 Å². The number of carbonyl (C=O) groups excluding carboxylic acids is 1. The van der Waals surface area contributed by atoms with E-state index in [0.29, 0.717) is 36.2 Å². The number of alkyl carbamates (subject to hydrolysis) is 1. The summed E-state index contributed by atoms with van der Waals surface area (Å²) >= 11 is 0. The van der Waals surface area contributed by atoms with Crippen LogP contribution in [0.1, 0.15) is 45.6 Å². The van der Waals surface area contributed by atoms with Crippen LogP contribution in [0.5, 0.6) is 0 Å². The largest absolute Gasteiger partial charge is 0.482 e. The number of benzene rings is 1. The average molecular weight is 426 g/mol. The zero-order valence-corrected chi connectivity index (χ0v) is 18.9. The van der Waals surface area contributed by atoms with Gasteiger partial charge in [0, 0.05) is 12.5 Å². The molecule has 1 aromatic carbocycles. The zero-order valence-electron chi connectivity index (χ0n) is 18.9. The van der Waals surface area contributed by atoms with Crippen LogP contribution in [0.2, 0.25) is 0 Å². The molecule has 0 radical (unpaired) electrons. The molecule has 31 heavy (non-hydrogen) atoms. The molecule has 2 heterocycles. The molecule has 0 aromatic heterocycles. The molecule has 1 amide bonds. The Labute approximate surface area is 185 Å². The molecule has 1 aromatic rings. The minimum atomic E-state index is -0.467. The lowest BCUT2D eigenvalue weighted by Crippen LogP contribution is -2.65. The third-order valence-electron chi connectivity index (χ3n) is 8.51. The third kappa shape index (κ3) is 3.89. The van der Waals surface area contributed by atoms with E-state index in [-0.39, 0.29) is 23.7 Å². The van der Waals surface area contributed by atoms with Crippen LogP contribution in [0.4, 0.5) is 4.79 Å². The van der Waals surface area contributed by atoms with Gasteiger partial charge in [-0.05, 0) is 62.0 Å². The number of hydrogen-bond acceptors (Lipinski definition) is 5. The summed E-state index contributed by atoms with van der Waals surface area (Å²) in [6, 6.07) is 10.2. The molecule has 2 saturated heterocycles. The molecule has 2 aliphatic heterocycles. The van der Waals surface area contributed by atoms with Gasteiger partial charge in [0.2, 0.25) is 0 Å². The predicted octanol–water partition coefficient (Wildman–Crippen LogP) is 3.20. The Hall–Kier alpha value is -1.57.